The Morgan fingerprint density at radius 1 is 0.967 bits per heavy atom. The molecule has 4 heteroatoms. The first kappa shape index (κ1) is 19.9. The summed E-state index contributed by atoms with van der Waals surface area (Å²) in [5, 5.41) is 0. The normalized spacial score (nSPS) is 14.5. The lowest BCUT2D eigenvalue weighted by Gasteiger charge is -2.19. The molecule has 0 atom stereocenters. The highest BCUT2D eigenvalue weighted by atomic mass is 19.1. The van der Waals surface area contributed by atoms with Crippen LogP contribution in [0.25, 0.3) is 11.6 Å². The molecule has 0 N–H and O–H groups in total. The van der Waals surface area contributed by atoms with Gasteiger partial charge in [-0.05, 0) is 41.8 Å². The van der Waals surface area contributed by atoms with Crippen molar-refractivity contribution in [3.05, 3.63) is 95.3 Å². The van der Waals surface area contributed by atoms with E-state index in [4.69, 9.17) is 4.74 Å². The summed E-state index contributed by atoms with van der Waals surface area (Å²) in [4.78, 5) is 15.1. The van der Waals surface area contributed by atoms with Gasteiger partial charge < -0.3 is 9.64 Å². The number of benzene rings is 3. The van der Waals surface area contributed by atoms with Gasteiger partial charge in [0.25, 0.3) is 5.91 Å². The molecule has 152 valence electrons. The van der Waals surface area contributed by atoms with Gasteiger partial charge in [-0.1, -0.05) is 62.4 Å². The molecule has 0 saturated heterocycles. The van der Waals surface area contributed by atoms with Crippen molar-refractivity contribution in [1.82, 2.24) is 0 Å². The summed E-state index contributed by atoms with van der Waals surface area (Å²) in [6, 6.07) is 21.8. The predicted octanol–water partition coefficient (Wildman–Crippen LogP) is 5.95. The zero-order chi connectivity index (χ0) is 21.1. The number of para-hydroxylation sites is 2. The zero-order valence-electron chi connectivity index (χ0n) is 17.1. The van der Waals surface area contributed by atoms with Crippen LogP contribution in [0.15, 0.2) is 72.8 Å². The van der Waals surface area contributed by atoms with Gasteiger partial charge in [0.2, 0.25) is 0 Å². The maximum atomic E-state index is 13.2. The smallest absolute Gasteiger partial charge is 0.259 e. The molecule has 30 heavy (non-hydrogen) atoms. The number of fused-ring (bicyclic) bond motifs is 1. The van der Waals surface area contributed by atoms with Gasteiger partial charge in [0.1, 0.15) is 18.2 Å². The predicted molar refractivity (Wildman–Crippen MR) is 119 cm³/mol. The van der Waals surface area contributed by atoms with E-state index in [2.05, 4.69) is 13.8 Å². The lowest BCUT2D eigenvalue weighted by atomic mass is 10.0. The second kappa shape index (κ2) is 8.54. The average molecular weight is 401 g/mol. The molecule has 0 bridgehead atoms. The van der Waals surface area contributed by atoms with Gasteiger partial charge in [-0.2, -0.15) is 0 Å². The van der Waals surface area contributed by atoms with E-state index in [0.717, 1.165) is 22.4 Å². The van der Waals surface area contributed by atoms with Crippen LogP contribution in [-0.2, 0) is 11.4 Å². The van der Waals surface area contributed by atoms with Crippen LogP contribution in [0.3, 0.4) is 0 Å². The van der Waals surface area contributed by atoms with Crippen LogP contribution < -0.4 is 9.64 Å². The number of nitrogens with zero attached hydrogens (tertiary/aromatic N) is 1. The van der Waals surface area contributed by atoms with Crippen molar-refractivity contribution in [2.75, 3.05) is 11.4 Å². The van der Waals surface area contributed by atoms with Crippen molar-refractivity contribution in [3.63, 3.8) is 0 Å². The molecule has 1 heterocycles. The van der Waals surface area contributed by atoms with E-state index in [0.29, 0.717) is 30.4 Å². The summed E-state index contributed by atoms with van der Waals surface area (Å²) in [7, 11) is 0. The molecule has 3 aromatic carbocycles. The van der Waals surface area contributed by atoms with Crippen LogP contribution in [0.4, 0.5) is 10.1 Å². The molecule has 0 saturated carbocycles. The third-order valence-corrected chi connectivity index (χ3v) is 5.03. The summed E-state index contributed by atoms with van der Waals surface area (Å²) in [6.07, 6.45) is 1.90. The first-order valence-corrected chi connectivity index (χ1v) is 10.1. The van der Waals surface area contributed by atoms with Crippen molar-refractivity contribution in [2.24, 2.45) is 5.92 Å². The summed E-state index contributed by atoms with van der Waals surface area (Å²) in [5.41, 5.74) is 4.28. The Balaban J connectivity index is 1.65. The van der Waals surface area contributed by atoms with E-state index in [1.807, 2.05) is 59.5 Å². The largest absolute Gasteiger partial charge is 0.488 e. The van der Waals surface area contributed by atoms with E-state index < -0.39 is 0 Å². The summed E-state index contributed by atoms with van der Waals surface area (Å²) in [5.74, 6) is 0.793. The molecular weight excluding hydrogens is 377 g/mol. The Hall–Kier alpha value is -3.40. The molecule has 0 aliphatic carbocycles. The number of carbonyl (C=O) groups is 1. The van der Waals surface area contributed by atoms with E-state index >= 15 is 0 Å². The number of ether oxygens (including phenoxy) is 1. The highest BCUT2D eigenvalue weighted by Crippen LogP contribution is 2.39. The van der Waals surface area contributed by atoms with Gasteiger partial charge in [-0.3, -0.25) is 4.79 Å². The molecule has 1 amide bonds. The summed E-state index contributed by atoms with van der Waals surface area (Å²) >= 11 is 0. The van der Waals surface area contributed by atoms with E-state index in [1.54, 1.807) is 12.1 Å². The van der Waals surface area contributed by atoms with Gasteiger partial charge in [-0.15, -0.1) is 0 Å². The topological polar surface area (TPSA) is 29.5 Å². The third-order valence-electron chi connectivity index (χ3n) is 5.03. The maximum absolute atomic E-state index is 13.2. The molecule has 1 aliphatic rings. The van der Waals surface area contributed by atoms with Crippen LogP contribution in [0.2, 0.25) is 0 Å². The molecule has 1 aliphatic heterocycles. The van der Waals surface area contributed by atoms with Gasteiger partial charge in [-0.25, -0.2) is 4.39 Å². The Morgan fingerprint density at radius 2 is 1.67 bits per heavy atom. The van der Waals surface area contributed by atoms with Crippen molar-refractivity contribution in [3.8, 4) is 5.75 Å². The van der Waals surface area contributed by atoms with Gasteiger partial charge >= 0.3 is 0 Å². The minimum atomic E-state index is -0.270. The molecule has 3 nitrogen and oxygen atoms in total. The standard InChI is InChI=1S/C26H24FNO2/c1-18(2)16-28-24-9-5-4-8-22(24)23(26(28)29)15-20-7-3-6-10-25(20)30-17-19-11-13-21(27)14-12-19/h3-15,18H,16-17H2,1-2H3/b23-15-. The Morgan fingerprint density at radius 3 is 2.43 bits per heavy atom. The molecular formula is C26H24FNO2. The maximum Gasteiger partial charge on any atom is 0.259 e. The fraction of sp³-hybridized carbons (Fsp3) is 0.192. The number of hydrogen-bond acceptors (Lipinski definition) is 2. The fourth-order valence-electron chi connectivity index (χ4n) is 3.62. The first-order chi connectivity index (χ1) is 14.5. The molecule has 4 rings (SSSR count). The van der Waals surface area contributed by atoms with E-state index in [1.165, 1.54) is 12.1 Å². The molecule has 3 aromatic rings. The molecule has 0 spiro atoms. The Bertz CT molecular complexity index is 1090. The van der Waals surface area contributed by atoms with Crippen molar-refractivity contribution < 1.29 is 13.9 Å². The highest BCUT2D eigenvalue weighted by Gasteiger charge is 2.32. The highest BCUT2D eigenvalue weighted by molar-refractivity contribution is 6.35. The fourth-order valence-corrected chi connectivity index (χ4v) is 3.62. The molecule has 0 unspecified atom stereocenters. The van der Waals surface area contributed by atoms with Gasteiger partial charge in [0, 0.05) is 23.2 Å². The average Bonchev–Trinajstić information content (AvgIpc) is 3.00. The zero-order valence-corrected chi connectivity index (χ0v) is 17.1. The quantitative estimate of drug-likeness (QED) is 0.478. The second-order valence-electron chi connectivity index (χ2n) is 7.84. The molecule has 0 aromatic heterocycles. The van der Waals surface area contributed by atoms with E-state index in [-0.39, 0.29) is 11.7 Å². The summed E-state index contributed by atoms with van der Waals surface area (Å²) < 4.78 is 19.1. The SMILES string of the molecule is CC(C)CN1C(=O)/C(=C\c2ccccc2OCc2ccc(F)cc2)c2ccccc21. The summed E-state index contributed by atoms with van der Waals surface area (Å²) in [6.45, 7) is 5.22. The second-order valence-corrected chi connectivity index (χ2v) is 7.84. The number of amides is 1. The number of hydrogen-bond donors (Lipinski definition) is 0. The number of anilines is 1. The third kappa shape index (κ3) is 4.13. The Labute approximate surface area is 176 Å². The number of halogens is 1. The molecule has 0 fully saturated rings. The number of carbonyl (C=O) groups excluding carboxylic acids is 1. The van der Waals surface area contributed by atoms with Gasteiger partial charge in [0.05, 0.1) is 5.69 Å². The minimum Gasteiger partial charge on any atom is -0.488 e. The van der Waals surface area contributed by atoms with Crippen LogP contribution >= 0.6 is 0 Å². The van der Waals surface area contributed by atoms with Crippen LogP contribution in [0.5, 0.6) is 5.75 Å². The minimum absolute atomic E-state index is 0.0123. The Kier molecular flexibility index (Phi) is 5.66. The molecule has 0 radical (unpaired) electrons. The van der Waals surface area contributed by atoms with Crippen molar-refractivity contribution >= 4 is 23.2 Å². The van der Waals surface area contributed by atoms with Crippen LogP contribution in [0.1, 0.15) is 30.5 Å². The van der Waals surface area contributed by atoms with Gasteiger partial charge in [0.15, 0.2) is 0 Å². The van der Waals surface area contributed by atoms with Crippen LogP contribution in [-0.4, -0.2) is 12.5 Å². The lowest BCUT2D eigenvalue weighted by molar-refractivity contribution is -0.113. The van der Waals surface area contributed by atoms with Crippen molar-refractivity contribution in [2.45, 2.75) is 20.5 Å². The number of rotatable bonds is 6. The van der Waals surface area contributed by atoms with Crippen LogP contribution in [0, 0.1) is 11.7 Å². The van der Waals surface area contributed by atoms with Crippen molar-refractivity contribution in [1.29, 1.82) is 0 Å². The monoisotopic (exact) mass is 401 g/mol. The first-order valence-electron chi connectivity index (χ1n) is 10.1. The lowest BCUT2D eigenvalue weighted by Crippen LogP contribution is -2.30. The van der Waals surface area contributed by atoms with E-state index in [9.17, 15) is 9.18 Å².